The molecule has 3 aliphatic rings. The van der Waals surface area contributed by atoms with Crippen molar-refractivity contribution >= 4 is 29.0 Å². The Kier molecular flexibility index (Phi) is 6.05. The van der Waals surface area contributed by atoms with Crippen LogP contribution in [0.5, 0.6) is 0 Å². The van der Waals surface area contributed by atoms with Crippen LogP contribution in [0.4, 0.5) is 10.5 Å². The van der Waals surface area contributed by atoms with E-state index in [-0.39, 0.29) is 18.0 Å². The molecule has 1 saturated heterocycles. The zero-order valence-corrected chi connectivity index (χ0v) is 20.9. The number of fused-ring (bicyclic) bond motifs is 2. The average molecular weight is 476 g/mol. The Morgan fingerprint density at radius 2 is 2.00 bits per heavy atom. The molecular weight excluding hydrogens is 442 g/mol. The highest BCUT2D eigenvalue weighted by Gasteiger charge is 2.33. The molecule has 2 aromatic rings. The van der Waals surface area contributed by atoms with Crippen molar-refractivity contribution in [1.82, 2.24) is 9.80 Å². The smallest absolute Gasteiger partial charge is 0.410 e. The summed E-state index contributed by atoms with van der Waals surface area (Å²) in [6.07, 6.45) is 1.75. The molecule has 35 heavy (non-hydrogen) atoms. The Labute approximate surface area is 206 Å². The summed E-state index contributed by atoms with van der Waals surface area (Å²) in [5.74, 6) is 0.539. The van der Waals surface area contributed by atoms with Crippen LogP contribution in [0.1, 0.15) is 55.9 Å². The van der Waals surface area contributed by atoms with Gasteiger partial charge in [-0.1, -0.05) is 36.4 Å². The van der Waals surface area contributed by atoms with Crippen LogP contribution in [0, 0.1) is 0 Å². The molecular formula is C28H33N3O4. The maximum absolute atomic E-state index is 12.7. The number of amides is 2. The standard InChI is InChI=1S/C28H33N3O4/c1-28(2,3)35-27(33)30(4)20-8-7-13-31(16-20)15-18-11-12-21-19(14-18)17-34-25(21)24-22-9-5-6-10-23(22)29-26(24)32/h5-6,9-12,14,20H,7-8,13,15-17H2,1-4H3,(H,29,32)/b25-24+. The second-order valence-corrected chi connectivity index (χ2v) is 10.6. The lowest BCUT2D eigenvalue weighted by Crippen LogP contribution is -2.49. The van der Waals surface area contributed by atoms with E-state index in [0.717, 1.165) is 54.9 Å². The Morgan fingerprint density at radius 3 is 2.80 bits per heavy atom. The largest absolute Gasteiger partial charge is 0.487 e. The number of anilines is 1. The van der Waals surface area contributed by atoms with Gasteiger partial charge in [0.05, 0.1) is 5.57 Å². The van der Waals surface area contributed by atoms with E-state index in [0.29, 0.717) is 17.9 Å². The molecule has 0 radical (unpaired) electrons. The lowest BCUT2D eigenvalue weighted by atomic mass is 9.98. The fourth-order valence-corrected chi connectivity index (χ4v) is 5.10. The first kappa shape index (κ1) is 23.4. The molecule has 3 heterocycles. The molecule has 184 valence electrons. The van der Waals surface area contributed by atoms with Gasteiger partial charge in [0.25, 0.3) is 5.91 Å². The van der Waals surface area contributed by atoms with Gasteiger partial charge >= 0.3 is 6.09 Å². The number of hydrogen-bond donors (Lipinski definition) is 1. The summed E-state index contributed by atoms with van der Waals surface area (Å²) >= 11 is 0. The van der Waals surface area contributed by atoms with E-state index in [1.165, 1.54) is 5.56 Å². The Morgan fingerprint density at radius 1 is 1.20 bits per heavy atom. The lowest BCUT2D eigenvalue weighted by Gasteiger charge is -2.38. The minimum absolute atomic E-state index is 0.119. The van der Waals surface area contributed by atoms with Gasteiger partial charge < -0.3 is 19.7 Å². The van der Waals surface area contributed by atoms with Gasteiger partial charge in [-0.05, 0) is 51.8 Å². The second-order valence-electron chi connectivity index (χ2n) is 10.6. The number of benzene rings is 2. The van der Waals surface area contributed by atoms with Crippen LogP contribution >= 0.6 is 0 Å². The molecule has 3 aliphatic heterocycles. The first-order valence-electron chi connectivity index (χ1n) is 12.3. The molecule has 1 atom stereocenters. The Balaban J connectivity index is 1.30. The fourth-order valence-electron chi connectivity index (χ4n) is 5.10. The third-order valence-corrected chi connectivity index (χ3v) is 6.80. The highest BCUT2D eigenvalue weighted by Crippen LogP contribution is 2.41. The zero-order chi connectivity index (χ0) is 24.7. The molecule has 2 amide bonds. The molecule has 0 spiro atoms. The van der Waals surface area contributed by atoms with Crippen LogP contribution in [-0.4, -0.2) is 53.6 Å². The maximum Gasteiger partial charge on any atom is 0.410 e. The molecule has 7 nitrogen and oxygen atoms in total. The number of para-hydroxylation sites is 1. The Bertz CT molecular complexity index is 1200. The molecule has 0 saturated carbocycles. The third-order valence-electron chi connectivity index (χ3n) is 6.80. The summed E-state index contributed by atoms with van der Waals surface area (Å²) in [5.41, 5.74) is 5.11. The number of carbonyl (C=O) groups excluding carboxylic acids is 2. The number of likely N-dealkylation sites (N-methyl/N-ethyl adjacent to an activating group) is 1. The summed E-state index contributed by atoms with van der Waals surface area (Å²) in [5, 5.41) is 2.93. The summed E-state index contributed by atoms with van der Waals surface area (Å²) in [7, 11) is 1.83. The highest BCUT2D eigenvalue weighted by atomic mass is 16.6. The second kappa shape index (κ2) is 9.04. The molecule has 5 rings (SSSR count). The van der Waals surface area contributed by atoms with E-state index in [1.54, 1.807) is 4.90 Å². The van der Waals surface area contributed by atoms with Crippen LogP contribution in [0.2, 0.25) is 0 Å². The van der Waals surface area contributed by atoms with Crippen molar-refractivity contribution in [2.24, 2.45) is 0 Å². The molecule has 1 N–H and O–H groups in total. The van der Waals surface area contributed by atoms with Gasteiger partial charge in [-0.15, -0.1) is 0 Å². The zero-order valence-electron chi connectivity index (χ0n) is 20.9. The number of nitrogens with zero attached hydrogens (tertiary/aromatic N) is 2. The minimum atomic E-state index is -0.498. The topological polar surface area (TPSA) is 71.1 Å². The number of rotatable bonds is 3. The van der Waals surface area contributed by atoms with E-state index < -0.39 is 5.60 Å². The SMILES string of the molecule is CN(C(=O)OC(C)(C)C)C1CCCN(Cc2ccc3c(c2)CO/C3=C2/C(=O)Nc3ccccc32)C1. The van der Waals surface area contributed by atoms with Gasteiger partial charge in [-0.2, -0.15) is 0 Å². The van der Waals surface area contributed by atoms with Crippen LogP contribution in [-0.2, 0) is 27.4 Å². The maximum atomic E-state index is 12.7. The van der Waals surface area contributed by atoms with E-state index in [9.17, 15) is 9.59 Å². The summed E-state index contributed by atoms with van der Waals surface area (Å²) in [6.45, 7) is 8.75. The van der Waals surface area contributed by atoms with Crippen molar-refractivity contribution in [3.8, 4) is 0 Å². The number of piperidine rings is 1. The van der Waals surface area contributed by atoms with E-state index in [4.69, 9.17) is 9.47 Å². The third kappa shape index (κ3) is 4.78. The van der Waals surface area contributed by atoms with E-state index in [2.05, 4.69) is 28.4 Å². The number of nitrogens with one attached hydrogen (secondary N) is 1. The Hall–Kier alpha value is -3.32. The van der Waals surface area contributed by atoms with Crippen molar-refractivity contribution in [2.45, 2.75) is 58.4 Å². The number of likely N-dealkylation sites (tertiary alicyclic amines) is 1. The highest BCUT2D eigenvalue weighted by molar-refractivity contribution is 6.36. The van der Waals surface area contributed by atoms with Gasteiger partial charge in [0, 0.05) is 48.6 Å². The predicted molar refractivity (Wildman–Crippen MR) is 135 cm³/mol. The lowest BCUT2D eigenvalue weighted by molar-refractivity contribution is -0.110. The van der Waals surface area contributed by atoms with Crippen molar-refractivity contribution in [3.05, 3.63) is 64.7 Å². The number of ether oxygens (including phenoxy) is 2. The molecule has 7 heteroatoms. The molecule has 0 aromatic heterocycles. The first-order valence-corrected chi connectivity index (χ1v) is 12.3. The molecule has 2 aromatic carbocycles. The van der Waals surface area contributed by atoms with Gasteiger partial charge in [0.1, 0.15) is 18.0 Å². The van der Waals surface area contributed by atoms with Crippen molar-refractivity contribution < 1.29 is 19.1 Å². The molecule has 1 unspecified atom stereocenters. The van der Waals surface area contributed by atoms with Crippen LogP contribution in [0.25, 0.3) is 11.3 Å². The van der Waals surface area contributed by atoms with Crippen LogP contribution in [0.3, 0.4) is 0 Å². The predicted octanol–water partition coefficient (Wildman–Crippen LogP) is 4.87. The normalized spacial score (nSPS) is 21.7. The molecule has 0 bridgehead atoms. The van der Waals surface area contributed by atoms with Crippen molar-refractivity contribution in [2.75, 3.05) is 25.5 Å². The number of hydrogen-bond acceptors (Lipinski definition) is 5. The van der Waals surface area contributed by atoms with E-state index >= 15 is 0 Å². The van der Waals surface area contributed by atoms with Gasteiger partial charge in [0.15, 0.2) is 0 Å². The fraction of sp³-hybridized carbons (Fsp3) is 0.429. The quantitative estimate of drug-likeness (QED) is 0.642. The van der Waals surface area contributed by atoms with Crippen molar-refractivity contribution in [3.63, 3.8) is 0 Å². The molecule has 0 aliphatic carbocycles. The summed E-state index contributed by atoms with van der Waals surface area (Å²) < 4.78 is 11.6. The average Bonchev–Trinajstić information content (AvgIpc) is 3.36. The summed E-state index contributed by atoms with van der Waals surface area (Å²) in [6, 6.07) is 14.2. The van der Waals surface area contributed by atoms with Gasteiger partial charge in [-0.3, -0.25) is 9.69 Å². The number of carbonyl (C=O) groups is 2. The van der Waals surface area contributed by atoms with Gasteiger partial charge in [0.2, 0.25) is 0 Å². The minimum Gasteiger partial charge on any atom is -0.487 e. The van der Waals surface area contributed by atoms with Crippen molar-refractivity contribution in [1.29, 1.82) is 0 Å². The van der Waals surface area contributed by atoms with Crippen LogP contribution < -0.4 is 5.32 Å². The monoisotopic (exact) mass is 475 g/mol. The first-order chi connectivity index (χ1) is 16.7. The summed E-state index contributed by atoms with van der Waals surface area (Å²) in [4.78, 5) is 29.3. The van der Waals surface area contributed by atoms with Crippen LogP contribution in [0.15, 0.2) is 42.5 Å². The van der Waals surface area contributed by atoms with Gasteiger partial charge in [-0.25, -0.2) is 4.79 Å². The van der Waals surface area contributed by atoms with E-state index in [1.807, 2.05) is 52.1 Å². The molecule has 1 fully saturated rings.